The SMILES string of the molecule is CN1CCC(S(N)(=O)=O)C1=O. The number of nitrogens with two attached hydrogens (primary N) is 1. The largest absolute Gasteiger partial charge is 0.345 e. The van der Waals surface area contributed by atoms with E-state index in [1.165, 1.54) is 4.90 Å². The van der Waals surface area contributed by atoms with Crippen LogP contribution in [0.3, 0.4) is 0 Å². The van der Waals surface area contributed by atoms with Crippen LogP contribution in [0.1, 0.15) is 6.42 Å². The number of carbonyl (C=O) groups excluding carboxylic acids is 1. The Bertz CT molecular complexity index is 271. The van der Waals surface area contributed by atoms with E-state index >= 15 is 0 Å². The molecule has 0 aromatic rings. The van der Waals surface area contributed by atoms with E-state index in [4.69, 9.17) is 5.14 Å². The molecular weight excluding hydrogens is 168 g/mol. The molecule has 1 rings (SSSR count). The van der Waals surface area contributed by atoms with Crippen LogP contribution in [0.25, 0.3) is 0 Å². The second-order valence-electron chi connectivity index (χ2n) is 2.63. The first-order valence-electron chi connectivity index (χ1n) is 3.19. The minimum Gasteiger partial charge on any atom is -0.345 e. The molecule has 2 N–H and O–H groups in total. The van der Waals surface area contributed by atoms with Crippen LogP contribution in [-0.4, -0.2) is 38.1 Å². The van der Waals surface area contributed by atoms with E-state index in [0.29, 0.717) is 13.0 Å². The molecule has 1 atom stereocenters. The van der Waals surface area contributed by atoms with E-state index in [0.717, 1.165) is 0 Å². The van der Waals surface area contributed by atoms with Gasteiger partial charge in [-0.05, 0) is 6.42 Å². The Morgan fingerprint density at radius 2 is 2.18 bits per heavy atom. The van der Waals surface area contributed by atoms with Gasteiger partial charge in [-0.2, -0.15) is 0 Å². The molecule has 1 aliphatic heterocycles. The second kappa shape index (κ2) is 2.46. The fourth-order valence-electron chi connectivity index (χ4n) is 1.10. The van der Waals surface area contributed by atoms with Crippen LogP contribution in [0.2, 0.25) is 0 Å². The van der Waals surface area contributed by atoms with Crippen LogP contribution in [0.4, 0.5) is 0 Å². The number of nitrogens with zero attached hydrogens (tertiary/aromatic N) is 1. The van der Waals surface area contributed by atoms with Crippen molar-refractivity contribution in [1.82, 2.24) is 4.90 Å². The average molecular weight is 178 g/mol. The molecule has 11 heavy (non-hydrogen) atoms. The lowest BCUT2D eigenvalue weighted by Gasteiger charge is -2.07. The summed E-state index contributed by atoms with van der Waals surface area (Å²) in [5.74, 6) is -0.396. The van der Waals surface area contributed by atoms with Crippen LogP contribution in [-0.2, 0) is 14.8 Å². The lowest BCUT2D eigenvalue weighted by Crippen LogP contribution is -2.35. The second-order valence-corrected chi connectivity index (χ2v) is 4.37. The number of rotatable bonds is 1. The molecule has 0 aliphatic carbocycles. The molecule has 1 heterocycles. The fourth-order valence-corrected chi connectivity index (χ4v) is 1.99. The number of hydrogen-bond acceptors (Lipinski definition) is 3. The summed E-state index contributed by atoms with van der Waals surface area (Å²) in [5.41, 5.74) is 0. The van der Waals surface area contributed by atoms with Gasteiger partial charge in [0.15, 0.2) is 5.25 Å². The molecule has 1 saturated heterocycles. The number of amides is 1. The summed E-state index contributed by atoms with van der Waals surface area (Å²) >= 11 is 0. The van der Waals surface area contributed by atoms with Gasteiger partial charge in [-0.25, -0.2) is 13.6 Å². The quantitative estimate of drug-likeness (QED) is 0.531. The van der Waals surface area contributed by atoms with Crippen molar-refractivity contribution in [2.24, 2.45) is 5.14 Å². The van der Waals surface area contributed by atoms with Crippen molar-refractivity contribution in [3.05, 3.63) is 0 Å². The summed E-state index contributed by atoms with van der Waals surface area (Å²) in [7, 11) is -2.11. The highest BCUT2D eigenvalue weighted by Crippen LogP contribution is 2.14. The smallest absolute Gasteiger partial charge is 0.242 e. The van der Waals surface area contributed by atoms with Gasteiger partial charge in [0.25, 0.3) is 0 Å². The maximum Gasteiger partial charge on any atom is 0.242 e. The minimum absolute atomic E-state index is 0.314. The zero-order valence-electron chi connectivity index (χ0n) is 6.15. The van der Waals surface area contributed by atoms with Crippen LogP contribution in [0.5, 0.6) is 0 Å². The van der Waals surface area contributed by atoms with Gasteiger partial charge < -0.3 is 4.90 Å². The van der Waals surface area contributed by atoms with E-state index in [-0.39, 0.29) is 0 Å². The number of carbonyl (C=O) groups is 1. The van der Waals surface area contributed by atoms with E-state index < -0.39 is 21.2 Å². The average Bonchev–Trinajstić information content (AvgIpc) is 2.11. The maximum absolute atomic E-state index is 11.0. The van der Waals surface area contributed by atoms with Crippen LogP contribution >= 0.6 is 0 Å². The summed E-state index contributed by atoms with van der Waals surface area (Å²) in [4.78, 5) is 12.4. The molecule has 0 radical (unpaired) electrons. The first-order chi connectivity index (χ1) is 4.93. The Kier molecular flexibility index (Phi) is 1.89. The molecule has 0 bridgehead atoms. The highest BCUT2D eigenvalue weighted by molar-refractivity contribution is 7.90. The third-order valence-electron chi connectivity index (χ3n) is 1.77. The third kappa shape index (κ3) is 1.51. The van der Waals surface area contributed by atoms with E-state index in [1.54, 1.807) is 7.05 Å². The van der Waals surface area contributed by atoms with Gasteiger partial charge in [0, 0.05) is 13.6 Å². The monoisotopic (exact) mass is 178 g/mol. The predicted molar refractivity (Wildman–Crippen MR) is 39.1 cm³/mol. The Morgan fingerprint density at radius 3 is 2.36 bits per heavy atom. The standard InChI is InChI=1S/C5H10N2O3S/c1-7-3-2-4(5(7)8)11(6,9)10/h4H,2-3H2,1H3,(H2,6,9,10). The zero-order valence-corrected chi connectivity index (χ0v) is 6.97. The van der Waals surface area contributed by atoms with Gasteiger partial charge in [-0.15, -0.1) is 0 Å². The normalized spacial score (nSPS) is 26.2. The molecule has 1 fully saturated rings. The lowest BCUT2D eigenvalue weighted by atomic mass is 10.4. The van der Waals surface area contributed by atoms with Gasteiger partial charge in [-0.3, -0.25) is 4.79 Å². The number of likely N-dealkylation sites (tertiary alicyclic amines) is 1. The molecule has 0 spiro atoms. The molecule has 0 saturated carbocycles. The lowest BCUT2D eigenvalue weighted by molar-refractivity contribution is -0.126. The van der Waals surface area contributed by atoms with Gasteiger partial charge in [0.2, 0.25) is 15.9 Å². The van der Waals surface area contributed by atoms with Crippen molar-refractivity contribution in [2.45, 2.75) is 11.7 Å². The molecular formula is C5H10N2O3S. The van der Waals surface area contributed by atoms with E-state index in [2.05, 4.69) is 0 Å². The highest BCUT2D eigenvalue weighted by atomic mass is 32.2. The van der Waals surface area contributed by atoms with Gasteiger partial charge >= 0.3 is 0 Å². The zero-order chi connectivity index (χ0) is 8.65. The summed E-state index contributed by atoms with van der Waals surface area (Å²) in [5, 5.41) is 3.81. The number of sulfonamides is 1. The van der Waals surface area contributed by atoms with Crippen molar-refractivity contribution in [3.8, 4) is 0 Å². The summed E-state index contributed by atoms with van der Waals surface area (Å²) < 4.78 is 21.4. The number of hydrogen-bond donors (Lipinski definition) is 1. The molecule has 0 aromatic heterocycles. The van der Waals surface area contributed by atoms with Crippen LogP contribution < -0.4 is 5.14 Å². The molecule has 1 unspecified atom stereocenters. The van der Waals surface area contributed by atoms with Gasteiger partial charge in [0.05, 0.1) is 0 Å². The molecule has 1 aliphatic rings. The summed E-state index contributed by atoms with van der Waals surface area (Å²) in [6.45, 7) is 0.472. The first-order valence-corrected chi connectivity index (χ1v) is 4.80. The third-order valence-corrected chi connectivity index (χ3v) is 3.01. The van der Waals surface area contributed by atoms with Crippen molar-refractivity contribution in [3.63, 3.8) is 0 Å². The molecule has 1 amide bonds. The Hall–Kier alpha value is -0.620. The Balaban J connectivity index is 2.87. The van der Waals surface area contributed by atoms with Crippen molar-refractivity contribution >= 4 is 15.9 Å². The molecule has 64 valence electrons. The summed E-state index contributed by atoms with van der Waals surface area (Å²) in [6.07, 6.45) is 0.314. The van der Waals surface area contributed by atoms with Gasteiger partial charge in [-0.1, -0.05) is 0 Å². The van der Waals surface area contributed by atoms with Crippen LogP contribution in [0.15, 0.2) is 0 Å². The molecule has 0 aromatic carbocycles. The maximum atomic E-state index is 11.0. The first kappa shape index (κ1) is 8.48. The number of primary sulfonamides is 1. The molecule has 6 heteroatoms. The Morgan fingerprint density at radius 1 is 1.64 bits per heavy atom. The van der Waals surface area contributed by atoms with E-state index in [9.17, 15) is 13.2 Å². The highest BCUT2D eigenvalue weighted by Gasteiger charge is 2.37. The fraction of sp³-hybridized carbons (Fsp3) is 0.800. The van der Waals surface area contributed by atoms with E-state index in [1.807, 2.05) is 0 Å². The minimum atomic E-state index is -3.68. The van der Waals surface area contributed by atoms with Crippen molar-refractivity contribution < 1.29 is 13.2 Å². The topological polar surface area (TPSA) is 80.5 Å². The van der Waals surface area contributed by atoms with Crippen LogP contribution in [0, 0.1) is 0 Å². The predicted octanol–water partition coefficient (Wildman–Crippen LogP) is -1.49. The molecule has 5 nitrogen and oxygen atoms in total. The Labute approximate surface area is 65.2 Å². The summed E-state index contributed by atoms with van der Waals surface area (Å²) in [6, 6.07) is 0. The van der Waals surface area contributed by atoms with Gasteiger partial charge in [0.1, 0.15) is 0 Å². The van der Waals surface area contributed by atoms with Crippen molar-refractivity contribution in [2.75, 3.05) is 13.6 Å². The van der Waals surface area contributed by atoms with Crippen molar-refractivity contribution in [1.29, 1.82) is 0 Å².